The highest BCUT2D eigenvalue weighted by molar-refractivity contribution is 7.03. The molecule has 1 aliphatic carbocycles. The number of ether oxygens (including phenoxy) is 1. The minimum Gasteiger partial charge on any atom is -0.497 e. The average molecular weight is 395 g/mol. The molecule has 0 spiro atoms. The fraction of sp³-hybridized carbons (Fsp3) is 0.417. The zero-order valence-corrected chi connectivity index (χ0v) is 20.1. The molecule has 0 unspecified atom stereocenters. The number of hydrogen-bond acceptors (Lipinski definition) is 1. The number of aryl methyl sites for hydroxylation is 1. The maximum atomic E-state index is 6.16. The summed E-state index contributed by atoms with van der Waals surface area (Å²) in [6.45, 7) is 14.3. The quantitative estimate of drug-likeness (QED) is 0.644. The molecule has 2 aromatic rings. The van der Waals surface area contributed by atoms with Crippen molar-refractivity contribution >= 4 is 37.8 Å². The Morgan fingerprint density at radius 2 is 1.63 bits per heavy atom. The van der Waals surface area contributed by atoms with Crippen LogP contribution in [0.25, 0.3) is 6.08 Å². The summed E-state index contributed by atoms with van der Waals surface area (Å²) >= 11 is 0. The van der Waals surface area contributed by atoms with Gasteiger partial charge in [0.05, 0.1) is 15.2 Å². The first-order valence-electron chi connectivity index (χ1n) is 10.3. The van der Waals surface area contributed by atoms with Crippen LogP contribution in [0.5, 0.6) is 5.75 Å². The molecule has 27 heavy (non-hydrogen) atoms. The van der Waals surface area contributed by atoms with Crippen LogP contribution >= 0.6 is 0 Å². The summed E-state index contributed by atoms with van der Waals surface area (Å²) in [5.41, 5.74) is 4.36. The van der Waals surface area contributed by atoms with Gasteiger partial charge >= 0.3 is 0 Å². The number of methoxy groups -OCH3 is 1. The van der Waals surface area contributed by atoms with E-state index in [1.807, 2.05) is 7.11 Å². The highest BCUT2D eigenvalue weighted by Gasteiger charge is 2.40. The molecule has 0 amide bonds. The minimum atomic E-state index is -1.91. The Kier molecular flexibility index (Phi) is 5.55. The van der Waals surface area contributed by atoms with Crippen molar-refractivity contribution in [3.8, 4) is 5.75 Å². The van der Waals surface area contributed by atoms with Crippen LogP contribution < -0.4 is 20.3 Å². The van der Waals surface area contributed by atoms with Crippen molar-refractivity contribution in [1.29, 1.82) is 0 Å². The summed E-state index contributed by atoms with van der Waals surface area (Å²) in [5.74, 6) is 1.19. The van der Waals surface area contributed by atoms with E-state index >= 15 is 0 Å². The molecule has 3 heteroatoms. The molecule has 0 radical (unpaired) electrons. The third kappa shape index (κ3) is 3.36. The second kappa shape index (κ2) is 7.44. The summed E-state index contributed by atoms with van der Waals surface area (Å²) in [6, 6.07) is 14.2. The van der Waals surface area contributed by atoms with Crippen LogP contribution in [-0.2, 0) is 6.42 Å². The third-order valence-electron chi connectivity index (χ3n) is 6.30. The lowest BCUT2D eigenvalue weighted by atomic mass is 10.1. The van der Waals surface area contributed by atoms with Crippen LogP contribution in [0.15, 0.2) is 36.4 Å². The van der Waals surface area contributed by atoms with Crippen molar-refractivity contribution in [3.63, 3.8) is 0 Å². The predicted octanol–water partition coefficient (Wildman–Crippen LogP) is 4.72. The van der Waals surface area contributed by atoms with Gasteiger partial charge in [-0.1, -0.05) is 93.6 Å². The first kappa shape index (κ1) is 20.2. The van der Waals surface area contributed by atoms with Crippen LogP contribution in [0.3, 0.4) is 0 Å². The van der Waals surface area contributed by atoms with E-state index in [2.05, 4.69) is 82.9 Å². The molecule has 1 nitrogen and oxygen atoms in total. The van der Waals surface area contributed by atoms with E-state index in [-0.39, 0.29) is 0 Å². The SMILES string of the molecule is CC[Si](CC)(c1cccc2c1C=CC2)c1cc(C)cc([Si](C)(C)C)c1OC. The van der Waals surface area contributed by atoms with Gasteiger partial charge in [0.2, 0.25) is 0 Å². The van der Waals surface area contributed by atoms with Crippen molar-refractivity contribution in [2.75, 3.05) is 7.11 Å². The molecular weight excluding hydrogens is 360 g/mol. The summed E-state index contributed by atoms with van der Waals surface area (Å²) in [7, 11) is -1.55. The topological polar surface area (TPSA) is 9.23 Å². The van der Waals surface area contributed by atoms with Crippen molar-refractivity contribution in [2.24, 2.45) is 0 Å². The fourth-order valence-electron chi connectivity index (χ4n) is 4.77. The number of fused-ring (bicyclic) bond motifs is 1. The van der Waals surface area contributed by atoms with E-state index in [9.17, 15) is 0 Å². The molecular formula is C24H34OSi2. The average Bonchev–Trinajstić information content (AvgIpc) is 3.11. The highest BCUT2D eigenvalue weighted by Crippen LogP contribution is 2.28. The molecule has 0 saturated heterocycles. The van der Waals surface area contributed by atoms with E-state index in [1.165, 1.54) is 44.9 Å². The van der Waals surface area contributed by atoms with Gasteiger partial charge < -0.3 is 4.74 Å². The van der Waals surface area contributed by atoms with Gasteiger partial charge in [-0.3, -0.25) is 0 Å². The molecule has 0 aliphatic heterocycles. The van der Waals surface area contributed by atoms with Crippen LogP contribution in [-0.4, -0.2) is 23.3 Å². The van der Waals surface area contributed by atoms with Gasteiger partial charge in [-0.25, -0.2) is 0 Å². The molecule has 144 valence electrons. The lowest BCUT2D eigenvalue weighted by Gasteiger charge is -2.36. The molecule has 0 saturated carbocycles. The largest absolute Gasteiger partial charge is 0.497 e. The van der Waals surface area contributed by atoms with Gasteiger partial charge in [0, 0.05) is 0 Å². The van der Waals surface area contributed by atoms with E-state index in [0.717, 1.165) is 6.42 Å². The lowest BCUT2D eigenvalue weighted by molar-refractivity contribution is 0.421. The van der Waals surface area contributed by atoms with Crippen molar-refractivity contribution < 1.29 is 4.74 Å². The molecule has 0 atom stereocenters. The van der Waals surface area contributed by atoms with E-state index < -0.39 is 16.1 Å². The fourth-order valence-corrected chi connectivity index (χ4v) is 11.1. The van der Waals surface area contributed by atoms with E-state index in [4.69, 9.17) is 4.74 Å². The van der Waals surface area contributed by atoms with Gasteiger partial charge in [-0.2, -0.15) is 0 Å². The Morgan fingerprint density at radius 3 is 2.22 bits per heavy atom. The second-order valence-corrected chi connectivity index (χ2v) is 18.6. The summed E-state index contributed by atoms with van der Waals surface area (Å²) in [5, 5.41) is 4.59. The number of rotatable bonds is 6. The molecule has 1 aliphatic rings. The molecule has 0 bridgehead atoms. The normalized spacial score (nSPS) is 13.7. The van der Waals surface area contributed by atoms with Crippen LogP contribution in [0.4, 0.5) is 0 Å². The Bertz CT molecular complexity index is 871. The van der Waals surface area contributed by atoms with Gasteiger partial charge in [-0.05, 0) is 40.0 Å². The zero-order valence-electron chi connectivity index (χ0n) is 18.1. The third-order valence-corrected chi connectivity index (χ3v) is 13.6. The minimum absolute atomic E-state index is 1.08. The van der Waals surface area contributed by atoms with Crippen LogP contribution in [0, 0.1) is 6.92 Å². The predicted molar refractivity (Wildman–Crippen MR) is 126 cm³/mol. The van der Waals surface area contributed by atoms with Gasteiger partial charge in [0.15, 0.2) is 0 Å². The number of hydrogen-bond donors (Lipinski definition) is 0. The highest BCUT2D eigenvalue weighted by atomic mass is 28.3. The van der Waals surface area contributed by atoms with Crippen LogP contribution in [0.2, 0.25) is 31.7 Å². The van der Waals surface area contributed by atoms with Crippen molar-refractivity contribution in [1.82, 2.24) is 0 Å². The summed E-state index contributed by atoms with van der Waals surface area (Å²) in [4.78, 5) is 0. The van der Waals surface area contributed by atoms with E-state index in [1.54, 1.807) is 5.19 Å². The Hall–Kier alpha value is -1.59. The molecule has 0 aromatic heterocycles. The maximum absolute atomic E-state index is 6.16. The van der Waals surface area contributed by atoms with Gasteiger partial charge in [-0.15, -0.1) is 0 Å². The van der Waals surface area contributed by atoms with Crippen LogP contribution in [0.1, 0.15) is 30.5 Å². The second-order valence-electron chi connectivity index (χ2n) is 8.92. The summed E-state index contributed by atoms with van der Waals surface area (Å²) in [6.07, 6.45) is 5.76. The van der Waals surface area contributed by atoms with Crippen molar-refractivity contribution in [3.05, 3.63) is 53.1 Å². The molecule has 0 fully saturated rings. The Labute approximate surface area is 167 Å². The zero-order chi connectivity index (χ0) is 19.8. The van der Waals surface area contributed by atoms with Gasteiger partial charge in [0.25, 0.3) is 0 Å². The van der Waals surface area contributed by atoms with Gasteiger partial charge in [0.1, 0.15) is 13.8 Å². The lowest BCUT2D eigenvalue weighted by Crippen LogP contribution is -2.60. The van der Waals surface area contributed by atoms with E-state index in [0.29, 0.717) is 0 Å². The molecule has 0 heterocycles. The monoisotopic (exact) mass is 394 g/mol. The smallest absolute Gasteiger partial charge is 0.123 e. The Morgan fingerprint density at radius 1 is 0.963 bits per heavy atom. The first-order valence-corrected chi connectivity index (χ1v) is 16.2. The van der Waals surface area contributed by atoms with Crippen molar-refractivity contribution in [2.45, 2.75) is 58.9 Å². The molecule has 2 aromatic carbocycles. The summed E-state index contributed by atoms with van der Waals surface area (Å²) < 4.78 is 6.16. The molecule has 3 rings (SSSR count). The maximum Gasteiger partial charge on any atom is 0.123 e. The first-order chi connectivity index (χ1) is 12.8. The number of allylic oxidation sites excluding steroid dienone is 1. The molecule has 0 N–H and O–H groups in total. The Balaban J connectivity index is 2.36. The number of benzene rings is 2. The standard InChI is InChI=1S/C24H34OSi2/c1-8-27(9-2,21-15-11-13-19-12-10-14-20(19)21)23-17-18(3)16-22(24(23)25-4)26(5,6)7/h10-11,13-17H,8-9,12H2,1-7H3.